The SMILES string of the molecule is CCOP(=O)(OCC)C(CCNC(=O)c1cccc(=O)n1OCc1ccccc1)P(=O)(OCC)OCC. The van der Waals surface area contributed by atoms with Gasteiger partial charge in [-0.2, -0.15) is 0 Å². The van der Waals surface area contributed by atoms with Crippen LogP contribution in [-0.2, 0) is 33.8 Å². The Kier molecular flexibility index (Phi) is 12.7. The van der Waals surface area contributed by atoms with E-state index in [1.54, 1.807) is 27.7 Å². The van der Waals surface area contributed by atoms with Gasteiger partial charge >= 0.3 is 15.2 Å². The summed E-state index contributed by atoms with van der Waals surface area (Å²) in [4.78, 5) is 31.0. The zero-order chi connectivity index (χ0) is 27.3. The standard InChI is InChI=1S/C24H36N2O9P2/c1-5-32-36(29,33-6-2)23(37(30,34-7-3)35-8-4)17-18-25-24(28)21-15-12-16-22(27)26(21)31-19-20-13-10-9-11-14-20/h9-16,23H,5-8,17-19H2,1-4H3,(H,25,28). The molecule has 1 heterocycles. The number of carbonyl (C=O) groups is 1. The molecule has 0 unspecified atom stereocenters. The van der Waals surface area contributed by atoms with E-state index in [0.717, 1.165) is 10.3 Å². The molecule has 1 N–H and O–H groups in total. The number of aromatic nitrogens is 1. The van der Waals surface area contributed by atoms with E-state index in [-0.39, 0.29) is 51.7 Å². The number of rotatable bonds is 17. The minimum Gasteiger partial charge on any atom is -0.405 e. The second-order valence-electron chi connectivity index (χ2n) is 7.58. The minimum atomic E-state index is -3.95. The second kappa shape index (κ2) is 15.2. The number of nitrogens with zero attached hydrogens (tertiary/aromatic N) is 1. The van der Waals surface area contributed by atoms with Crippen molar-refractivity contribution in [2.45, 2.75) is 46.1 Å². The number of nitrogens with one attached hydrogen (secondary N) is 1. The average molecular weight is 559 g/mol. The molecule has 11 nitrogen and oxygen atoms in total. The van der Waals surface area contributed by atoms with Gasteiger partial charge in [-0.1, -0.05) is 36.4 Å². The number of hydrogen-bond donors (Lipinski definition) is 1. The predicted molar refractivity (Wildman–Crippen MR) is 140 cm³/mol. The van der Waals surface area contributed by atoms with E-state index < -0.39 is 32.1 Å². The molecule has 0 saturated carbocycles. The van der Waals surface area contributed by atoms with Gasteiger partial charge in [0.05, 0.1) is 26.4 Å². The molecule has 1 aromatic carbocycles. The first kappa shape index (κ1) is 31.0. The molecule has 2 aromatic rings. The lowest BCUT2D eigenvalue weighted by Crippen LogP contribution is -2.36. The van der Waals surface area contributed by atoms with Crippen molar-refractivity contribution in [1.82, 2.24) is 10.0 Å². The van der Waals surface area contributed by atoms with Gasteiger partial charge in [-0.3, -0.25) is 18.7 Å². The molecule has 0 aliphatic rings. The number of carbonyl (C=O) groups excluding carboxylic acids is 1. The summed E-state index contributed by atoms with van der Waals surface area (Å²) in [6, 6.07) is 13.4. The molecule has 37 heavy (non-hydrogen) atoms. The van der Waals surface area contributed by atoms with Crippen molar-refractivity contribution in [3.8, 4) is 0 Å². The largest absolute Gasteiger partial charge is 0.405 e. The summed E-state index contributed by atoms with van der Waals surface area (Å²) in [6.07, 6.45) is -0.0950. The zero-order valence-electron chi connectivity index (χ0n) is 21.7. The number of amides is 1. The lowest BCUT2D eigenvalue weighted by Gasteiger charge is -2.31. The lowest BCUT2D eigenvalue weighted by atomic mass is 10.2. The van der Waals surface area contributed by atoms with Gasteiger partial charge in [0.25, 0.3) is 11.5 Å². The first-order valence-corrected chi connectivity index (χ1v) is 15.4. The van der Waals surface area contributed by atoms with Crippen LogP contribution in [0.1, 0.15) is 50.2 Å². The Labute approximate surface area is 217 Å². The van der Waals surface area contributed by atoms with Gasteiger partial charge in [0, 0.05) is 12.6 Å². The second-order valence-corrected chi connectivity index (χ2v) is 12.4. The minimum absolute atomic E-state index is 0.0319. The van der Waals surface area contributed by atoms with Crippen molar-refractivity contribution in [3.05, 3.63) is 70.1 Å². The highest BCUT2D eigenvalue weighted by molar-refractivity contribution is 7.72. The highest BCUT2D eigenvalue weighted by Crippen LogP contribution is 2.71. The summed E-state index contributed by atoms with van der Waals surface area (Å²) in [5.74, 6) is -0.616. The van der Waals surface area contributed by atoms with E-state index in [0.29, 0.717) is 0 Å². The summed E-state index contributed by atoms with van der Waals surface area (Å²) in [6.45, 7) is 6.75. The molecule has 0 spiro atoms. The van der Waals surface area contributed by atoms with Crippen LogP contribution in [0.5, 0.6) is 0 Å². The molecule has 13 heteroatoms. The summed E-state index contributed by atoms with van der Waals surface area (Å²) < 4.78 is 49.9. The van der Waals surface area contributed by atoms with Gasteiger partial charge in [-0.15, -0.1) is 4.73 Å². The summed E-state index contributed by atoms with van der Waals surface area (Å²) in [7, 11) is -7.90. The molecule has 0 saturated heterocycles. The van der Waals surface area contributed by atoms with E-state index in [9.17, 15) is 18.7 Å². The van der Waals surface area contributed by atoms with Crippen LogP contribution >= 0.6 is 15.2 Å². The van der Waals surface area contributed by atoms with Crippen LogP contribution in [0, 0.1) is 0 Å². The predicted octanol–water partition coefficient (Wildman–Crippen LogP) is 4.46. The number of pyridine rings is 1. The van der Waals surface area contributed by atoms with Crippen molar-refractivity contribution >= 4 is 21.1 Å². The van der Waals surface area contributed by atoms with Crippen molar-refractivity contribution in [3.63, 3.8) is 0 Å². The Hall–Kier alpha value is -2.26. The highest BCUT2D eigenvalue weighted by atomic mass is 31.2. The quantitative estimate of drug-likeness (QED) is 0.280. The van der Waals surface area contributed by atoms with E-state index >= 15 is 0 Å². The fourth-order valence-electron chi connectivity index (χ4n) is 3.52. The Morgan fingerprint density at radius 3 is 1.89 bits per heavy atom. The third-order valence-corrected chi connectivity index (χ3v) is 11.1. The van der Waals surface area contributed by atoms with Crippen LogP contribution in [0.3, 0.4) is 0 Å². The fraction of sp³-hybridized carbons (Fsp3) is 0.500. The summed E-state index contributed by atoms with van der Waals surface area (Å²) in [5.41, 5.74) is 0.268. The summed E-state index contributed by atoms with van der Waals surface area (Å²) in [5, 5.41) is 1.39. The molecule has 0 atom stereocenters. The molecule has 0 aliphatic heterocycles. The molecule has 0 bridgehead atoms. The smallest absolute Gasteiger partial charge is 0.345 e. The molecular weight excluding hydrogens is 522 g/mol. The molecule has 1 amide bonds. The maximum absolute atomic E-state index is 13.6. The highest BCUT2D eigenvalue weighted by Gasteiger charge is 2.50. The molecule has 0 fully saturated rings. The molecular formula is C24H36N2O9P2. The van der Waals surface area contributed by atoms with Crippen LogP contribution in [0.4, 0.5) is 0 Å². The lowest BCUT2D eigenvalue weighted by molar-refractivity contribution is 0.0710. The molecule has 2 rings (SSSR count). The van der Waals surface area contributed by atoms with Gasteiger partial charge in [0.15, 0.2) is 5.40 Å². The number of benzene rings is 1. The van der Waals surface area contributed by atoms with Crippen molar-refractivity contribution in [1.29, 1.82) is 0 Å². The van der Waals surface area contributed by atoms with Gasteiger partial charge in [0.2, 0.25) is 0 Å². The molecule has 0 radical (unpaired) electrons. The summed E-state index contributed by atoms with van der Waals surface area (Å²) >= 11 is 0. The van der Waals surface area contributed by atoms with Gasteiger partial charge in [-0.25, -0.2) is 0 Å². The topological polar surface area (TPSA) is 131 Å². The van der Waals surface area contributed by atoms with Crippen molar-refractivity contribution in [2.75, 3.05) is 33.0 Å². The Morgan fingerprint density at radius 1 is 0.838 bits per heavy atom. The Balaban J connectivity index is 2.23. The van der Waals surface area contributed by atoms with Crippen LogP contribution in [0.15, 0.2) is 53.3 Å². The fourth-order valence-corrected chi connectivity index (χ4v) is 8.88. The van der Waals surface area contributed by atoms with Gasteiger partial charge in [0.1, 0.15) is 12.3 Å². The van der Waals surface area contributed by atoms with E-state index in [4.69, 9.17) is 22.9 Å². The van der Waals surface area contributed by atoms with Crippen LogP contribution in [-0.4, -0.2) is 49.0 Å². The normalized spacial score (nSPS) is 12.0. The third-order valence-electron chi connectivity index (χ3n) is 5.00. The van der Waals surface area contributed by atoms with Crippen LogP contribution in [0.25, 0.3) is 0 Å². The van der Waals surface area contributed by atoms with E-state index in [1.165, 1.54) is 18.2 Å². The third kappa shape index (κ3) is 8.64. The van der Waals surface area contributed by atoms with Crippen molar-refractivity contribution in [2.24, 2.45) is 0 Å². The van der Waals surface area contributed by atoms with Crippen molar-refractivity contribution < 1.29 is 36.9 Å². The zero-order valence-corrected chi connectivity index (χ0v) is 23.5. The average Bonchev–Trinajstić information content (AvgIpc) is 2.86. The maximum Gasteiger partial charge on any atom is 0.345 e. The first-order valence-electron chi connectivity index (χ1n) is 12.2. The van der Waals surface area contributed by atoms with E-state index in [1.807, 2.05) is 30.3 Å². The molecule has 206 valence electrons. The Bertz CT molecular complexity index is 1090. The first-order chi connectivity index (χ1) is 17.7. The van der Waals surface area contributed by atoms with Gasteiger partial charge < -0.3 is 28.2 Å². The van der Waals surface area contributed by atoms with E-state index in [2.05, 4.69) is 5.32 Å². The molecule has 0 aliphatic carbocycles. The van der Waals surface area contributed by atoms with Gasteiger partial charge in [-0.05, 0) is 45.7 Å². The van der Waals surface area contributed by atoms with Crippen LogP contribution in [0.2, 0.25) is 0 Å². The number of hydrogen-bond acceptors (Lipinski definition) is 9. The maximum atomic E-state index is 13.6. The molecule has 1 aromatic heterocycles. The van der Waals surface area contributed by atoms with Crippen LogP contribution < -0.4 is 15.7 Å². The Morgan fingerprint density at radius 2 is 1.38 bits per heavy atom. The monoisotopic (exact) mass is 558 g/mol.